The van der Waals surface area contributed by atoms with Crippen LogP contribution in [0.1, 0.15) is 44.7 Å². The van der Waals surface area contributed by atoms with E-state index in [9.17, 15) is 8.42 Å². The number of nitrogens with one attached hydrogen (secondary N) is 2. The van der Waals surface area contributed by atoms with Gasteiger partial charge >= 0.3 is 10.2 Å². The summed E-state index contributed by atoms with van der Waals surface area (Å²) in [5.41, 5.74) is 0.911. The molecule has 0 aromatic carbocycles. The van der Waals surface area contributed by atoms with Gasteiger partial charge in [-0.1, -0.05) is 13.8 Å². The fourth-order valence-electron chi connectivity index (χ4n) is 1.80. The van der Waals surface area contributed by atoms with Gasteiger partial charge in [-0.2, -0.15) is 12.7 Å². The average Bonchev–Trinajstić information content (AvgIpc) is 3.12. The van der Waals surface area contributed by atoms with Gasteiger partial charge in [0.15, 0.2) is 5.13 Å². The van der Waals surface area contributed by atoms with Crippen LogP contribution >= 0.6 is 11.3 Å². The predicted octanol–water partition coefficient (Wildman–Crippen LogP) is 2.00. The molecule has 0 atom stereocenters. The van der Waals surface area contributed by atoms with Crippen molar-refractivity contribution in [2.45, 2.75) is 45.1 Å². The van der Waals surface area contributed by atoms with E-state index in [0.29, 0.717) is 23.6 Å². The lowest BCUT2D eigenvalue weighted by atomic mass is 10.2. The van der Waals surface area contributed by atoms with Gasteiger partial charge in [-0.3, -0.25) is 0 Å². The lowest BCUT2D eigenvalue weighted by Gasteiger charge is -2.17. The summed E-state index contributed by atoms with van der Waals surface area (Å²) >= 11 is 1.32. The number of nitrogens with zero attached hydrogens (tertiary/aromatic N) is 2. The first-order valence-corrected chi connectivity index (χ1v) is 9.63. The van der Waals surface area contributed by atoms with Gasteiger partial charge in [0.25, 0.3) is 0 Å². The number of anilines is 1. The summed E-state index contributed by atoms with van der Waals surface area (Å²) in [7, 11) is -1.91. The van der Waals surface area contributed by atoms with Gasteiger partial charge in [0.1, 0.15) is 0 Å². The summed E-state index contributed by atoms with van der Waals surface area (Å²) in [5, 5.41) is 5.70. The summed E-state index contributed by atoms with van der Waals surface area (Å²) < 4.78 is 28.2. The number of hydrogen-bond donors (Lipinski definition) is 2. The van der Waals surface area contributed by atoms with Gasteiger partial charge in [0, 0.05) is 25.0 Å². The molecule has 0 spiro atoms. The summed E-state index contributed by atoms with van der Waals surface area (Å²) in [4.78, 5) is 4.29. The molecule has 0 radical (unpaired) electrons. The Morgan fingerprint density at radius 2 is 2.19 bits per heavy atom. The molecule has 120 valence electrons. The maximum absolute atomic E-state index is 12.2. The number of hydrogen-bond acceptors (Lipinski definition) is 5. The Bertz CT molecular complexity index is 552. The summed E-state index contributed by atoms with van der Waals surface area (Å²) in [5.74, 6) is 0.297. The van der Waals surface area contributed by atoms with Crippen LogP contribution in [0.3, 0.4) is 0 Å². The third-order valence-electron chi connectivity index (χ3n) is 3.40. The average molecular weight is 332 g/mol. The molecule has 0 bridgehead atoms. The molecule has 1 aromatic heterocycles. The van der Waals surface area contributed by atoms with E-state index in [-0.39, 0.29) is 0 Å². The number of thiazole rings is 1. The first kappa shape index (κ1) is 16.7. The molecule has 1 aromatic rings. The van der Waals surface area contributed by atoms with Gasteiger partial charge < -0.3 is 5.32 Å². The third kappa shape index (κ3) is 5.21. The minimum Gasteiger partial charge on any atom is -0.314 e. The zero-order chi connectivity index (χ0) is 15.5. The molecule has 1 heterocycles. The minimum atomic E-state index is -3.51. The molecule has 21 heavy (non-hydrogen) atoms. The van der Waals surface area contributed by atoms with Crippen LogP contribution in [-0.4, -0.2) is 43.9 Å². The van der Waals surface area contributed by atoms with E-state index in [1.165, 1.54) is 28.5 Å². The van der Waals surface area contributed by atoms with E-state index in [1.807, 2.05) is 19.2 Å². The first-order valence-electron chi connectivity index (χ1n) is 7.31. The molecular weight excluding hydrogens is 308 g/mol. The number of rotatable bonds is 9. The SMILES string of the molecule is CC(C)c1csc(NS(=O)(=O)N(C)CCCNC2CC2)n1. The summed E-state index contributed by atoms with van der Waals surface area (Å²) in [6.45, 7) is 5.43. The van der Waals surface area contributed by atoms with Crippen LogP contribution in [0.25, 0.3) is 0 Å². The maximum Gasteiger partial charge on any atom is 0.303 e. The van der Waals surface area contributed by atoms with Gasteiger partial charge in [-0.25, -0.2) is 9.71 Å². The molecule has 0 aliphatic heterocycles. The van der Waals surface area contributed by atoms with Gasteiger partial charge in [-0.15, -0.1) is 11.3 Å². The van der Waals surface area contributed by atoms with Crippen molar-refractivity contribution in [2.24, 2.45) is 0 Å². The molecule has 0 amide bonds. The van der Waals surface area contributed by atoms with Crippen LogP contribution in [0.15, 0.2) is 5.38 Å². The van der Waals surface area contributed by atoms with Crippen LogP contribution in [0.2, 0.25) is 0 Å². The van der Waals surface area contributed by atoms with Crippen molar-refractivity contribution < 1.29 is 8.42 Å². The Hall–Kier alpha value is -0.700. The van der Waals surface area contributed by atoms with Crippen LogP contribution < -0.4 is 10.0 Å². The highest BCUT2D eigenvalue weighted by Gasteiger charge is 2.21. The van der Waals surface area contributed by atoms with Crippen molar-refractivity contribution >= 4 is 26.7 Å². The van der Waals surface area contributed by atoms with Crippen LogP contribution in [-0.2, 0) is 10.2 Å². The molecule has 1 aliphatic rings. The van der Waals surface area contributed by atoms with Crippen molar-refractivity contribution in [3.63, 3.8) is 0 Å². The van der Waals surface area contributed by atoms with Crippen molar-refractivity contribution in [1.29, 1.82) is 0 Å². The molecule has 0 saturated heterocycles. The molecule has 8 heteroatoms. The van der Waals surface area contributed by atoms with Crippen molar-refractivity contribution in [1.82, 2.24) is 14.6 Å². The fraction of sp³-hybridized carbons (Fsp3) is 0.769. The van der Waals surface area contributed by atoms with E-state index in [0.717, 1.165) is 18.7 Å². The quantitative estimate of drug-likeness (QED) is 0.678. The molecule has 2 N–H and O–H groups in total. The van der Waals surface area contributed by atoms with Gasteiger partial charge in [-0.05, 0) is 31.7 Å². The Labute approximate surface area is 131 Å². The molecule has 1 saturated carbocycles. The van der Waals surface area contributed by atoms with E-state index in [1.54, 1.807) is 7.05 Å². The van der Waals surface area contributed by atoms with Crippen molar-refractivity contribution in [3.05, 3.63) is 11.1 Å². The van der Waals surface area contributed by atoms with Crippen molar-refractivity contribution in [2.75, 3.05) is 24.9 Å². The van der Waals surface area contributed by atoms with E-state index in [4.69, 9.17) is 0 Å². The smallest absolute Gasteiger partial charge is 0.303 e. The van der Waals surface area contributed by atoms with Crippen LogP contribution in [0, 0.1) is 0 Å². The lowest BCUT2D eigenvalue weighted by Crippen LogP contribution is -2.34. The monoisotopic (exact) mass is 332 g/mol. The Kier molecular flexibility index (Phi) is 5.59. The van der Waals surface area contributed by atoms with Crippen LogP contribution in [0.4, 0.5) is 5.13 Å². The Morgan fingerprint density at radius 3 is 2.76 bits per heavy atom. The van der Waals surface area contributed by atoms with Crippen molar-refractivity contribution in [3.8, 4) is 0 Å². The second kappa shape index (κ2) is 7.04. The Balaban J connectivity index is 1.80. The molecule has 0 unspecified atom stereocenters. The van der Waals surface area contributed by atoms with Gasteiger partial charge in [0.2, 0.25) is 0 Å². The lowest BCUT2D eigenvalue weighted by molar-refractivity contribution is 0.458. The zero-order valence-corrected chi connectivity index (χ0v) is 14.4. The third-order valence-corrected chi connectivity index (χ3v) is 5.76. The molecule has 2 rings (SSSR count). The number of aromatic nitrogens is 1. The Morgan fingerprint density at radius 1 is 1.48 bits per heavy atom. The van der Waals surface area contributed by atoms with Crippen LogP contribution in [0.5, 0.6) is 0 Å². The molecule has 1 aliphatic carbocycles. The van der Waals surface area contributed by atoms with E-state index < -0.39 is 10.2 Å². The van der Waals surface area contributed by atoms with E-state index >= 15 is 0 Å². The summed E-state index contributed by atoms with van der Waals surface area (Å²) in [6.07, 6.45) is 3.30. The summed E-state index contributed by atoms with van der Waals surface area (Å²) in [6, 6.07) is 0.662. The molecular formula is C13H24N4O2S2. The highest BCUT2D eigenvalue weighted by molar-refractivity contribution is 7.90. The largest absolute Gasteiger partial charge is 0.314 e. The van der Waals surface area contributed by atoms with E-state index in [2.05, 4.69) is 15.0 Å². The second-order valence-electron chi connectivity index (χ2n) is 5.74. The maximum atomic E-state index is 12.2. The molecule has 1 fully saturated rings. The predicted molar refractivity (Wildman–Crippen MR) is 87.0 cm³/mol. The highest BCUT2D eigenvalue weighted by atomic mass is 32.2. The highest BCUT2D eigenvalue weighted by Crippen LogP contribution is 2.22. The topological polar surface area (TPSA) is 74.3 Å². The standard InChI is InChI=1S/C13H24N4O2S2/c1-10(2)12-9-20-13(15-12)16-21(18,19)17(3)8-4-7-14-11-5-6-11/h9-11,14H,4-8H2,1-3H3,(H,15,16). The zero-order valence-electron chi connectivity index (χ0n) is 12.8. The van der Waals surface area contributed by atoms with Gasteiger partial charge in [0.05, 0.1) is 5.69 Å². The normalized spacial score (nSPS) is 15.9. The molecule has 6 nitrogen and oxygen atoms in total. The first-order chi connectivity index (χ1) is 9.88. The minimum absolute atomic E-state index is 0.297. The fourth-order valence-corrected chi connectivity index (χ4v) is 3.82. The second-order valence-corrected chi connectivity index (χ2v) is 8.38.